The van der Waals surface area contributed by atoms with Crippen molar-refractivity contribution in [3.8, 4) is 0 Å². The monoisotopic (exact) mass is 391 g/mol. The Morgan fingerprint density at radius 2 is 1.40 bits per heavy atom. The Hall–Kier alpha value is 2.44. The molecule has 0 unspecified atom stereocenters. The summed E-state index contributed by atoms with van der Waals surface area (Å²) in [6, 6.07) is 0. The van der Waals surface area contributed by atoms with Gasteiger partial charge in [-0.25, -0.2) is 0 Å². The number of hydrogen-bond acceptors (Lipinski definition) is 1. The fraction of sp³-hybridized carbons (Fsp3) is 0.600. The van der Waals surface area contributed by atoms with Gasteiger partial charge < -0.3 is 11.7 Å². The van der Waals surface area contributed by atoms with E-state index in [4.69, 9.17) is 18.8 Å². The summed E-state index contributed by atoms with van der Waals surface area (Å²) < 4.78 is 0. The molecule has 0 bridgehead atoms. The summed E-state index contributed by atoms with van der Waals surface area (Å²) in [5.41, 5.74) is 0. The molecule has 62 valence electrons. The molecule has 0 radical (unpaired) electrons. The van der Waals surface area contributed by atoms with Gasteiger partial charge in [-0.05, 0) is 12.7 Å². The number of ketones is 1. The van der Waals surface area contributed by atoms with Crippen LogP contribution in [0.2, 0.25) is 0 Å². The van der Waals surface area contributed by atoms with Crippen LogP contribution in [0.1, 0.15) is 20.8 Å². The molecule has 0 aromatic rings. The SMILES string of the molecule is CC.[CH2-]C(C)=O.[Cl][Pt][Cl].[K+]. The van der Waals surface area contributed by atoms with E-state index in [0.29, 0.717) is 0 Å². The molecular weight excluding hydrogens is 381 g/mol. The number of carbonyl (C=O) groups excluding carboxylic acids is 1. The summed E-state index contributed by atoms with van der Waals surface area (Å²) in [6.07, 6.45) is 0. The van der Waals surface area contributed by atoms with Gasteiger partial charge in [0, 0.05) is 0 Å². The summed E-state index contributed by atoms with van der Waals surface area (Å²) in [4.78, 5) is 9.33. The molecule has 1 nitrogen and oxygen atoms in total. The Kier molecular flexibility index (Phi) is 68.7. The van der Waals surface area contributed by atoms with Crippen molar-refractivity contribution in [3.63, 3.8) is 0 Å². The number of carbonyl (C=O) groups is 1. The first-order chi connectivity index (χ1) is 4.15. The fourth-order valence-corrected chi connectivity index (χ4v) is 0. The minimum absolute atomic E-state index is 0. The zero-order valence-electron chi connectivity index (χ0n) is 6.69. The molecule has 0 aromatic heterocycles. The zero-order chi connectivity index (χ0) is 8.28. The van der Waals surface area contributed by atoms with E-state index in [1.165, 1.54) is 6.92 Å². The molecule has 0 heterocycles. The van der Waals surface area contributed by atoms with E-state index in [1.54, 1.807) is 0 Å². The van der Waals surface area contributed by atoms with E-state index in [-0.39, 0.29) is 57.2 Å². The van der Waals surface area contributed by atoms with E-state index in [0.717, 1.165) is 0 Å². The molecule has 0 aliphatic rings. The second-order valence-electron chi connectivity index (χ2n) is 0.747. The average molecular weight is 392 g/mol. The zero-order valence-corrected chi connectivity index (χ0v) is 13.6. The quantitative estimate of drug-likeness (QED) is 0.413. The van der Waals surface area contributed by atoms with Crippen LogP contribution in [0.4, 0.5) is 0 Å². The van der Waals surface area contributed by atoms with Gasteiger partial charge in [0.1, 0.15) is 0 Å². The van der Waals surface area contributed by atoms with Crippen LogP contribution in [-0.4, -0.2) is 5.78 Å². The third kappa shape index (κ3) is 156. The maximum atomic E-state index is 9.33. The van der Waals surface area contributed by atoms with Crippen LogP contribution in [0, 0.1) is 6.92 Å². The molecule has 5 heteroatoms. The first kappa shape index (κ1) is 22.9. The first-order valence-electron chi connectivity index (χ1n) is 2.30. The minimum atomic E-state index is -0.472. The van der Waals surface area contributed by atoms with E-state index in [2.05, 4.69) is 6.92 Å². The molecular formula is C5H11Cl2KOPt. The second-order valence-corrected chi connectivity index (χ2v) is 4.03. The number of rotatable bonds is 0. The van der Waals surface area contributed by atoms with Gasteiger partial charge in [-0.2, -0.15) is 0 Å². The Morgan fingerprint density at radius 3 is 1.40 bits per heavy atom. The maximum absolute atomic E-state index is 9.33. The summed E-state index contributed by atoms with van der Waals surface area (Å²) in [5.74, 6) is -0.0833. The van der Waals surface area contributed by atoms with Gasteiger partial charge in [-0.1, -0.05) is 13.8 Å². The Balaban J connectivity index is -0.0000000273. The second kappa shape index (κ2) is 30.1. The van der Waals surface area contributed by atoms with Crippen molar-refractivity contribution in [1.82, 2.24) is 0 Å². The molecule has 10 heavy (non-hydrogen) atoms. The Labute approximate surface area is 122 Å². The van der Waals surface area contributed by atoms with Crippen molar-refractivity contribution >= 4 is 24.6 Å². The summed E-state index contributed by atoms with van der Waals surface area (Å²) in [5, 5.41) is 0. The molecule has 0 aromatic carbocycles. The molecule has 0 saturated carbocycles. The van der Waals surface area contributed by atoms with Crippen LogP contribution >= 0.6 is 18.8 Å². The summed E-state index contributed by atoms with van der Waals surface area (Å²) >= 11 is -0.472. The Morgan fingerprint density at radius 1 is 1.40 bits per heavy atom. The van der Waals surface area contributed by atoms with Crippen LogP contribution in [0.25, 0.3) is 0 Å². The van der Waals surface area contributed by atoms with Gasteiger partial charge >= 0.3 is 86.7 Å². The summed E-state index contributed by atoms with van der Waals surface area (Å²) in [7, 11) is 9.75. The van der Waals surface area contributed by atoms with E-state index in [1.807, 2.05) is 13.8 Å². The van der Waals surface area contributed by atoms with Gasteiger partial charge in [0.15, 0.2) is 0 Å². The van der Waals surface area contributed by atoms with Crippen molar-refractivity contribution in [2.75, 3.05) is 0 Å². The van der Waals surface area contributed by atoms with Crippen molar-refractivity contribution in [1.29, 1.82) is 0 Å². The van der Waals surface area contributed by atoms with Crippen LogP contribution in [-0.2, 0) is 21.3 Å². The predicted molar refractivity (Wildman–Crippen MR) is 39.1 cm³/mol. The van der Waals surface area contributed by atoms with Gasteiger partial charge in [0.2, 0.25) is 0 Å². The van der Waals surface area contributed by atoms with Crippen molar-refractivity contribution in [3.05, 3.63) is 6.92 Å². The number of hydrogen-bond donors (Lipinski definition) is 0. The molecule has 0 saturated heterocycles. The standard InChI is InChI=1S/C3H5O.C2H6.2ClH.K.Pt/c1-3(2)4;1-2;;;;/h1H2,2H3;1-2H3;2*1H;;/q-1;;;;+1;+2/p-2. The van der Waals surface area contributed by atoms with E-state index < -0.39 is 16.5 Å². The minimum Gasteiger partial charge on any atom is 1.00 e. The Bertz CT molecular complexity index is 50.9. The van der Waals surface area contributed by atoms with Crippen molar-refractivity contribution in [2.24, 2.45) is 0 Å². The van der Waals surface area contributed by atoms with Crippen LogP contribution in [0.15, 0.2) is 0 Å². The molecule has 0 amide bonds. The topological polar surface area (TPSA) is 17.1 Å². The first-order valence-corrected chi connectivity index (χ1v) is 7.93. The van der Waals surface area contributed by atoms with Gasteiger partial charge in [0.05, 0.1) is 0 Å². The molecule has 0 fully saturated rings. The molecule has 0 aliphatic carbocycles. The number of halogens is 2. The van der Waals surface area contributed by atoms with E-state index >= 15 is 0 Å². The van der Waals surface area contributed by atoms with Crippen molar-refractivity contribution in [2.45, 2.75) is 20.8 Å². The van der Waals surface area contributed by atoms with Crippen LogP contribution in [0.5, 0.6) is 0 Å². The normalized spacial score (nSPS) is 5.30. The van der Waals surface area contributed by atoms with Crippen LogP contribution < -0.4 is 51.4 Å². The van der Waals surface area contributed by atoms with Crippen LogP contribution in [0.3, 0.4) is 0 Å². The van der Waals surface area contributed by atoms with Crippen molar-refractivity contribution < 1.29 is 72.7 Å². The number of Topliss-reactive ketones (excluding diaryl/α,β-unsaturated/α-hetero) is 1. The van der Waals surface area contributed by atoms with Gasteiger partial charge in [-0.15, -0.1) is 0 Å². The molecule has 0 atom stereocenters. The fourth-order valence-electron chi connectivity index (χ4n) is 0. The largest absolute Gasteiger partial charge is 1.00 e. The molecule has 0 rings (SSSR count). The predicted octanol–water partition coefficient (Wildman–Crippen LogP) is -0.184. The van der Waals surface area contributed by atoms with Gasteiger partial charge in [0.25, 0.3) is 0 Å². The maximum Gasteiger partial charge on any atom is 1.00 e. The molecule has 0 spiro atoms. The molecule has 0 aliphatic heterocycles. The summed E-state index contributed by atoms with van der Waals surface area (Å²) in [6.45, 7) is 8.42. The smallest absolute Gasteiger partial charge is 1.00 e. The van der Waals surface area contributed by atoms with E-state index in [9.17, 15) is 4.79 Å². The average Bonchev–Trinajstić information content (AvgIpc) is 1.71. The molecule has 0 N–H and O–H groups in total. The van der Waals surface area contributed by atoms with Gasteiger partial charge in [-0.3, -0.25) is 0 Å². The third-order valence-electron chi connectivity index (χ3n) is 0. The third-order valence-corrected chi connectivity index (χ3v) is 0.